The number of hydrogen-bond donors (Lipinski definition) is 10. The first-order valence-electron chi connectivity index (χ1n) is 7.70. The van der Waals surface area contributed by atoms with E-state index in [0.29, 0.717) is 0 Å². The number of carbonyl (C=O) groups is 4. The van der Waals surface area contributed by atoms with E-state index in [1.807, 2.05) is 0 Å². The van der Waals surface area contributed by atoms with Crippen molar-refractivity contribution in [1.82, 2.24) is 0 Å². The second-order valence-corrected chi connectivity index (χ2v) is 4.99. The molecule has 0 rings (SSSR count). The van der Waals surface area contributed by atoms with E-state index in [-0.39, 0.29) is 13.2 Å². The topological polar surface area (TPSA) is 271 Å². The summed E-state index contributed by atoms with van der Waals surface area (Å²) in [5.41, 5.74) is 0. The summed E-state index contributed by atoms with van der Waals surface area (Å²) in [5.74, 6) is -7.07. The molecule has 0 bridgehead atoms. The second kappa shape index (κ2) is 18.0. The van der Waals surface area contributed by atoms with Crippen LogP contribution in [-0.2, 0) is 19.2 Å². The molecule has 0 aliphatic rings. The Hall–Kier alpha value is -2.36. The molecule has 4 atom stereocenters. The first-order chi connectivity index (χ1) is 12.8. The molecule has 28 heavy (non-hydrogen) atoms. The molecule has 0 aromatic heterocycles. The van der Waals surface area contributed by atoms with Crippen molar-refractivity contribution in [2.45, 2.75) is 50.1 Å². The SMILES string of the molecule is O=C(O)C(O)C(O)C(=O)O.O=C(O)C(O)C(O)C(=O)O.OCCCCCCO. The summed E-state index contributed by atoms with van der Waals surface area (Å²) in [7, 11) is 0. The Kier molecular flexibility index (Phi) is 19.6. The predicted octanol–water partition coefficient (Wildman–Crippen LogP) is -3.71. The summed E-state index contributed by atoms with van der Waals surface area (Å²) in [4.78, 5) is 39.1. The molecule has 10 N–H and O–H groups in total. The van der Waals surface area contributed by atoms with Crippen molar-refractivity contribution in [2.24, 2.45) is 0 Å². The fourth-order valence-corrected chi connectivity index (χ4v) is 1.12. The number of rotatable bonds is 11. The van der Waals surface area contributed by atoms with Crippen molar-refractivity contribution in [3.63, 3.8) is 0 Å². The Morgan fingerprint density at radius 3 is 0.750 bits per heavy atom. The van der Waals surface area contributed by atoms with E-state index >= 15 is 0 Å². The average Bonchev–Trinajstić information content (AvgIpc) is 2.63. The van der Waals surface area contributed by atoms with E-state index < -0.39 is 48.3 Å². The molecule has 0 aliphatic carbocycles. The molecule has 0 aromatic rings. The molecule has 0 aromatic carbocycles. The molecule has 0 heterocycles. The van der Waals surface area contributed by atoms with E-state index in [1.54, 1.807) is 0 Å². The first-order valence-corrected chi connectivity index (χ1v) is 7.70. The number of hydrogen-bond acceptors (Lipinski definition) is 10. The first kappa shape index (κ1) is 30.4. The molecule has 166 valence electrons. The highest BCUT2D eigenvalue weighted by Crippen LogP contribution is 1.96. The molecular weight excluding hydrogens is 392 g/mol. The van der Waals surface area contributed by atoms with Crippen molar-refractivity contribution in [1.29, 1.82) is 0 Å². The van der Waals surface area contributed by atoms with Crippen LogP contribution in [0.4, 0.5) is 0 Å². The zero-order chi connectivity index (χ0) is 22.9. The summed E-state index contributed by atoms with van der Waals surface area (Å²) in [5, 5.41) is 81.7. The molecule has 0 saturated carbocycles. The minimum Gasteiger partial charge on any atom is -0.479 e. The van der Waals surface area contributed by atoms with Crippen LogP contribution >= 0.6 is 0 Å². The van der Waals surface area contributed by atoms with Crippen LogP contribution in [0, 0.1) is 0 Å². The Morgan fingerprint density at radius 2 is 0.643 bits per heavy atom. The van der Waals surface area contributed by atoms with E-state index in [2.05, 4.69) is 0 Å². The molecule has 14 nitrogen and oxygen atoms in total. The van der Waals surface area contributed by atoms with E-state index in [0.717, 1.165) is 25.7 Å². The van der Waals surface area contributed by atoms with Crippen LogP contribution in [0.15, 0.2) is 0 Å². The number of unbranched alkanes of at least 4 members (excludes halogenated alkanes) is 3. The lowest BCUT2D eigenvalue weighted by molar-refractivity contribution is -0.165. The third-order valence-corrected chi connectivity index (χ3v) is 2.68. The molecule has 14 heteroatoms. The Balaban J connectivity index is -0.000000337. The monoisotopic (exact) mass is 418 g/mol. The van der Waals surface area contributed by atoms with E-state index in [4.69, 9.17) is 51.1 Å². The van der Waals surface area contributed by atoms with E-state index in [9.17, 15) is 19.2 Å². The van der Waals surface area contributed by atoms with E-state index in [1.165, 1.54) is 0 Å². The van der Waals surface area contributed by atoms with Gasteiger partial charge in [0.15, 0.2) is 24.4 Å². The molecule has 0 saturated heterocycles. The molecule has 0 spiro atoms. The lowest BCUT2D eigenvalue weighted by Gasteiger charge is -2.07. The van der Waals surface area contributed by atoms with Gasteiger partial charge in [-0.1, -0.05) is 12.8 Å². The summed E-state index contributed by atoms with van der Waals surface area (Å²) in [6.07, 6.45) is -5.24. The van der Waals surface area contributed by atoms with Crippen molar-refractivity contribution < 1.29 is 70.2 Å². The summed E-state index contributed by atoms with van der Waals surface area (Å²) in [6.45, 7) is 0.566. The number of carboxylic acids is 4. The van der Waals surface area contributed by atoms with Gasteiger partial charge < -0.3 is 51.1 Å². The van der Waals surface area contributed by atoms with Crippen molar-refractivity contribution in [3.8, 4) is 0 Å². The van der Waals surface area contributed by atoms with Crippen LogP contribution in [0.25, 0.3) is 0 Å². The molecule has 0 aliphatic heterocycles. The maximum absolute atomic E-state index is 9.77. The number of carboxylic acid groups (broad SMARTS) is 4. The van der Waals surface area contributed by atoms with Gasteiger partial charge >= 0.3 is 23.9 Å². The van der Waals surface area contributed by atoms with Crippen molar-refractivity contribution in [3.05, 3.63) is 0 Å². The summed E-state index contributed by atoms with van der Waals surface area (Å²) >= 11 is 0. The van der Waals surface area contributed by atoms with Crippen LogP contribution < -0.4 is 0 Å². The average molecular weight is 418 g/mol. The zero-order valence-corrected chi connectivity index (χ0v) is 14.7. The maximum Gasteiger partial charge on any atom is 0.335 e. The third kappa shape index (κ3) is 17.1. The predicted molar refractivity (Wildman–Crippen MR) is 87.2 cm³/mol. The number of aliphatic hydroxyl groups excluding tert-OH is 6. The fourth-order valence-electron chi connectivity index (χ4n) is 1.12. The standard InChI is InChI=1S/C6H14O2.2C4H6O6/c7-5-3-1-2-4-6-8;2*5-1(3(7)8)2(6)4(9)10/h7-8H,1-6H2;2*1-2,5-6H,(H,7,8)(H,9,10). The smallest absolute Gasteiger partial charge is 0.335 e. The number of aliphatic hydroxyl groups is 6. The van der Waals surface area contributed by atoms with Crippen LogP contribution in [0.2, 0.25) is 0 Å². The van der Waals surface area contributed by atoms with Gasteiger partial charge in [-0.3, -0.25) is 0 Å². The largest absolute Gasteiger partial charge is 0.479 e. The Bertz CT molecular complexity index is 387. The van der Waals surface area contributed by atoms with Crippen LogP contribution in [0.5, 0.6) is 0 Å². The minimum atomic E-state index is -2.27. The second-order valence-electron chi connectivity index (χ2n) is 4.99. The van der Waals surface area contributed by atoms with Gasteiger partial charge in [0.1, 0.15) is 0 Å². The highest BCUT2D eigenvalue weighted by Gasteiger charge is 2.30. The van der Waals surface area contributed by atoms with Gasteiger partial charge in [0.25, 0.3) is 0 Å². The summed E-state index contributed by atoms with van der Waals surface area (Å²) < 4.78 is 0. The third-order valence-electron chi connectivity index (χ3n) is 2.68. The quantitative estimate of drug-likeness (QED) is 0.145. The molecular formula is C14H26O14. The Labute approximate surface area is 158 Å². The van der Waals surface area contributed by atoms with Crippen LogP contribution in [-0.4, -0.2) is 113 Å². The maximum atomic E-state index is 9.77. The van der Waals surface area contributed by atoms with Crippen molar-refractivity contribution >= 4 is 23.9 Å². The van der Waals surface area contributed by atoms with Gasteiger partial charge in [-0.25, -0.2) is 19.2 Å². The molecule has 0 amide bonds. The van der Waals surface area contributed by atoms with Gasteiger partial charge in [-0.15, -0.1) is 0 Å². The lowest BCUT2D eigenvalue weighted by atomic mass is 10.2. The normalized spacial score (nSPS) is 14.1. The number of aliphatic carboxylic acids is 4. The summed E-state index contributed by atoms with van der Waals surface area (Å²) in [6, 6.07) is 0. The Morgan fingerprint density at radius 1 is 0.464 bits per heavy atom. The zero-order valence-electron chi connectivity index (χ0n) is 14.7. The molecule has 4 unspecified atom stereocenters. The van der Waals surface area contributed by atoms with Gasteiger partial charge in [0.05, 0.1) is 0 Å². The highest BCUT2D eigenvalue weighted by molar-refractivity contribution is 5.83. The minimum absolute atomic E-state index is 0.283. The lowest BCUT2D eigenvalue weighted by Crippen LogP contribution is -2.39. The highest BCUT2D eigenvalue weighted by atomic mass is 16.4. The van der Waals surface area contributed by atoms with Crippen molar-refractivity contribution in [2.75, 3.05) is 13.2 Å². The molecule has 0 fully saturated rings. The van der Waals surface area contributed by atoms with Gasteiger partial charge in [0, 0.05) is 13.2 Å². The van der Waals surface area contributed by atoms with Gasteiger partial charge in [0.2, 0.25) is 0 Å². The van der Waals surface area contributed by atoms with Crippen LogP contribution in [0.1, 0.15) is 25.7 Å². The molecule has 0 radical (unpaired) electrons. The van der Waals surface area contributed by atoms with Crippen LogP contribution in [0.3, 0.4) is 0 Å². The van der Waals surface area contributed by atoms with Gasteiger partial charge in [-0.05, 0) is 12.8 Å². The fraction of sp³-hybridized carbons (Fsp3) is 0.714. The van der Waals surface area contributed by atoms with Gasteiger partial charge in [-0.2, -0.15) is 0 Å².